The van der Waals surface area contributed by atoms with Gasteiger partial charge in [-0.25, -0.2) is 4.39 Å². The number of anilines is 2. The highest BCUT2D eigenvalue weighted by atomic mass is 19.1. The average Bonchev–Trinajstić information content (AvgIpc) is 2.85. The molecule has 1 aromatic carbocycles. The highest BCUT2D eigenvalue weighted by molar-refractivity contribution is 5.73. The maximum Gasteiger partial charge on any atom is 0.148 e. The molecule has 2 aliphatic rings. The lowest BCUT2D eigenvalue weighted by Crippen LogP contribution is -2.35. The molecule has 3 rings (SSSR count). The molecule has 1 aliphatic heterocycles. The van der Waals surface area contributed by atoms with E-state index in [9.17, 15) is 4.39 Å². The van der Waals surface area contributed by atoms with E-state index >= 15 is 0 Å². The maximum atomic E-state index is 13.2. The molecule has 0 radical (unpaired) electrons. The molecular formula is C10H11FN2. The second-order valence-corrected chi connectivity index (χ2v) is 3.92. The molecule has 0 unspecified atom stereocenters. The van der Waals surface area contributed by atoms with Gasteiger partial charge in [-0.1, -0.05) is 6.07 Å². The molecule has 1 aliphatic carbocycles. The number of fused-ring (bicyclic) bond motifs is 1. The number of hydrogen-bond donors (Lipinski definition) is 2. The smallest absolute Gasteiger partial charge is 0.148 e. The van der Waals surface area contributed by atoms with Crippen molar-refractivity contribution in [2.75, 3.05) is 17.2 Å². The standard InChI is InChI=1S/C10H11FN2/c11-7-2-1-3-8-9(7)12-6-10(13-8)4-5-10/h1-3,12-13H,4-6H2. The summed E-state index contributed by atoms with van der Waals surface area (Å²) in [4.78, 5) is 0. The van der Waals surface area contributed by atoms with Crippen LogP contribution in [0.3, 0.4) is 0 Å². The Balaban J connectivity index is 2.05. The van der Waals surface area contributed by atoms with Crippen molar-refractivity contribution in [2.45, 2.75) is 18.4 Å². The van der Waals surface area contributed by atoms with Crippen molar-refractivity contribution in [1.29, 1.82) is 0 Å². The highest BCUT2D eigenvalue weighted by Gasteiger charge is 2.45. The molecule has 1 heterocycles. The Hall–Kier alpha value is -1.25. The zero-order valence-electron chi connectivity index (χ0n) is 7.23. The van der Waals surface area contributed by atoms with E-state index in [2.05, 4.69) is 10.6 Å². The SMILES string of the molecule is Fc1cccc2c1NCC1(CC1)N2. The van der Waals surface area contributed by atoms with Gasteiger partial charge in [-0.3, -0.25) is 0 Å². The van der Waals surface area contributed by atoms with Gasteiger partial charge in [0.05, 0.1) is 16.9 Å². The van der Waals surface area contributed by atoms with Gasteiger partial charge >= 0.3 is 0 Å². The largest absolute Gasteiger partial charge is 0.379 e. The normalized spacial score (nSPS) is 21.6. The lowest BCUT2D eigenvalue weighted by molar-refractivity contribution is 0.623. The highest BCUT2D eigenvalue weighted by Crippen LogP contribution is 2.44. The molecule has 1 saturated carbocycles. The first-order valence-electron chi connectivity index (χ1n) is 4.60. The van der Waals surface area contributed by atoms with Gasteiger partial charge in [0.25, 0.3) is 0 Å². The van der Waals surface area contributed by atoms with E-state index < -0.39 is 0 Å². The molecule has 2 nitrogen and oxygen atoms in total. The number of benzene rings is 1. The van der Waals surface area contributed by atoms with Crippen molar-refractivity contribution in [2.24, 2.45) is 0 Å². The van der Waals surface area contributed by atoms with Gasteiger partial charge in [0.2, 0.25) is 0 Å². The van der Waals surface area contributed by atoms with Gasteiger partial charge in [0, 0.05) is 6.54 Å². The number of nitrogens with one attached hydrogen (secondary N) is 2. The molecule has 0 amide bonds. The average molecular weight is 178 g/mol. The third-order valence-electron chi connectivity index (χ3n) is 2.87. The maximum absolute atomic E-state index is 13.2. The van der Waals surface area contributed by atoms with Crippen molar-refractivity contribution in [3.8, 4) is 0 Å². The zero-order chi connectivity index (χ0) is 8.89. The minimum absolute atomic E-state index is 0.166. The van der Waals surface area contributed by atoms with Crippen molar-refractivity contribution >= 4 is 11.4 Å². The van der Waals surface area contributed by atoms with Gasteiger partial charge in [-0.05, 0) is 25.0 Å². The molecule has 13 heavy (non-hydrogen) atoms. The molecule has 0 saturated heterocycles. The molecular weight excluding hydrogens is 167 g/mol. The molecule has 2 N–H and O–H groups in total. The molecule has 1 fully saturated rings. The van der Waals surface area contributed by atoms with E-state index in [-0.39, 0.29) is 11.4 Å². The molecule has 0 bridgehead atoms. The van der Waals surface area contributed by atoms with Crippen LogP contribution in [0.25, 0.3) is 0 Å². The lowest BCUT2D eigenvalue weighted by atomic mass is 10.1. The molecule has 1 spiro atoms. The molecule has 68 valence electrons. The summed E-state index contributed by atoms with van der Waals surface area (Å²) in [7, 11) is 0. The summed E-state index contributed by atoms with van der Waals surface area (Å²) in [6.07, 6.45) is 2.38. The van der Waals surface area contributed by atoms with Gasteiger partial charge < -0.3 is 10.6 Å². The first-order chi connectivity index (χ1) is 6.29. The van der Waals surface area contributed by atoms with Gasteiger partial charge in [-0.15, -0.1) is 0 Å². The minimum atomic E-state index is -0.166. The van der Waals surface area contributed by atoms with E-state index in [0.717, 1.165) is 12.2 Å². The van der Waals surface area contributed by atoms with E-state index in [1.165, 1.54) is 18.9 Å². The summed E-state index contributed by atoms with van der Waals surface area (Å²) in [5.74, 6) is -0.166. The molecule has 3 heteroatoms. The van der Waals surface area contributed by atoms with E-state index in [1.54, 1.807) is 6.07 Å². The summed E-state index contributed by atoms with van der Waals surface area (Å²) in [5, 5.41) is 6.53. The van der Waals surface area contributed by atoms with Crippen LogP contribution in [0.5, 0.6) is 0 Å². The fourth-order valence-corrected chi connectivity index (χ4v) is 1.85. The quantitative estimate of drug-likeness (QED) is 0.636. The zero-order valence-corrected chi connectivity index (χ0v) is 7.23. The number of rotatable bonds is 0. The van der Waals surface area contributed by atoms with Crippen molar-refractivity contribution in [1.82, 2.24) is 0 Å². The summed E-state index contributed by atoms with van der Waals surface area (Å²) in [6, 6.07) is 5.15. The van der Waals surface area contributed by atoms with Crippen molar-refractivity contribution < 1.29 is 4.39 Å². The number of hydrogen-bond acceptors (Lipinski definition) is 2. The molecule has 1 aromatic rings. The van der Waals surface area contributed by atoms with Crippen LogP contribution in [0.15, 0.2) is 18.2 Å². The second kappa shape index (κ2) is 2.16. The van der Waals surface area contributed by atoms with E-state index in [0.29, 0.717) is 5.69 Å². The number of halogens is 1. The summed E-state index contributed by atoms with van der Waals surface area (Å²) >= 11 is 0. The Labute approximate surface area is 76.1 Å². The van der Waals surface area contributed by atoms with E-state index in [1.807, 2.05) is 6.07 Å². The summed E-state index contributed by atoms with van der Waals surface area (Å²) < 4.78 is 13.2. The third-order valence-corrected chi connectivity index (χ3v) is 2.87. The Morgan fingerprint density at radius 2 is 2.15 bits per heavy atom. The Bertz CT molecular complexity index is 358. The third kappa shape index (κ3) is 0.996. The predicted octanol–water partition coefficient (Wildman–Crippen LogP) is 2.20. The van der Waals surface area contributed by atoms with Crippen LogP contribution in [-0.2, 0) is 0 Å². The summed E-state index contributed by atoms with van der Waals surface area (Å²) in [5.41, 5.74) is 1.77. The van der Waals surface area contributed by atoms with Gasteiger partial charge in [0.1, 0.15) is 5.82 Å². The Morgan fingerprint density at radius 1 is 1.31 bits per heavy atom. The van der Waals surface area contributed by atoms with E-state index in [4.69, 9.17) is 0 Å². The lowest BCUT2D eigenvalue weighted by Gasteiger charge is -2.28. The first kappa shape index (κ1) is 7.18. The number of para-hydroxylation sites is 1. The summed E-state index contributed by atoms with van der Waals surface area (Å²) in [6.45, 7) is 0.848. The van der Waals surface area contributed by atoms with Crippen LogP contribution in [0.1, 0.15) is 12.8 Å². The fraction of sp³-hybridized carbons (Fsp3) is 0.400. The fourth-order valence-electron chi connectivity index (χ4n) is 1.85. The van der Waals surface area contributed by atoms with Crippen LogP contribution in [-0.4, -0.2) is 12.1 Å². The van der Waals surface area contributed by atoms with Crippen LogP contribution in [0.2, 0.25) is 0 Å². The van der Waals surface area contributed by atoms with Gasteiger partial charge in [0.15, 0.2) is 0 Å². The minimum Gasteiger partial charge on any atom is -0.379 e. The molecule has 0 atom stereocenters. The molecule has 0 aromatic heterocycles. The van der Waals surface area contributed by atoms with Gasteiger partial charge in [-0.2, -0.15) is 0 Å². The van der Waals surface area contributed by atoms with Crippen LogP contribution < -0.4 is 10.6 Å². The monoisotopic (exact) mass is 178 g/mol. The Kier molecular flexibility index (Phi) is 1.19. The van der Waals surface area contributed by atoms with Crippen LogP contribution >= 0.6 is 0 Å². The van der Waals surface area contributed by atoms with Crippen LogP contribution in [0.4, 0.5) is 15.8 Å². The van der Waals surface area contributed by atoms with Crippen molar-refractivity contribution in [3.63, 3.8) is 0 Å². The van der Waals surface area contributed by atoms with Crippen LogP contribution in [0, 0.1) is 5.82 Å². The van der Waals surface area contributed by atoms with Crippen molar-refractivity contribution in [3.05, 3.63) is 24.0 Å². The first-order valence-corrected chi connectivity index (χ1v) is 4.60. The topological polar surface area (TPSA) is 24.1 Å². The predicted molar refractivity (Wildman–Crippen MR) is 50.5 cm³/mol. The Morgan fingerprint density at radius 3 is 2.92 bits per heavy atom. The second-order valence-electron chi connectivity index (χ2n) is 3.92.